The molecule has 5 nitrogen and oxygen atoms in total. The van der Waals surface area contributed by atoms with Crippen LogP contribution in [-0.2, 0) is 16.1 Å². The summed E-state index contributed by atoms with van der Waals surface area (Å²) in [6.45, 7) is 5.81. The van der Waals surface area contributed by atoms with Crippen LogP contribution in [0.25, 0.3) is 41.7 Å². The molecule has 5 aromatic rings. The zero-order chi connectivity index (χ0) is 23.1. The molecule has 2 aromatic heterocycles. The van der Waals surface area contributed by atoms with Crippen molar-refractivity contribution in [3.63, 3.8) is 0 Å². The van der Waals surface area contributed by atoms with Gasteiger partial charge < -0.3 is 4.74 Å². The van der Waals surface area contributed by atoms with Gasteiger partial charge in [0.05, 0.1) is 6.61 Å². The Kier molecular flexibility index (Phi) is 5.46. The Hall–Kier alpha value is -3.51. The Morgan fingerprint density at radius 2 is 1.55 bits per heavy atom. The summed E-state index contributed by atoms with van der Waals surface area (Å²) in [4.78, 5) is 38.0. The number of carbonyl (C=O) groups is 1. The lowest BCUT2D eigenvalue weighted by atomic mass is 9.97. The highest BCUT2D eigenvalue weighted by Gasteiger charge is 2.18. The maximum Gasteiger partial charge on any atom is 0.333 e. The van der Waals surface area contributed by atoms with Crippen LogP contribution in [0.15, 0.2) is 70.3 Å². The number of ether oxygens (including phenoxy) is 1. The highest BCUT2D eigenvalue weighted by Crippen LogP contribution is 2.39. The molecule has 5 rings (SSSR count). The van der Waals surface area contributed by atoms with E-state index in [0.29, 0.717) is 42.3 Å². The van der Waals surface area contributed by atoms with Gasteiger partial charge >= 0.3 is 5.97 Å². The molecule has 0 aliphatic rings. The Balaban J connectivity index is 1.50. The molecule has 0 saturated heterocycles. The minimum atomic E-state index is -0.395. The molecule has 0 fully saturated rings. The molecule has 0 unspecified atom stereocenters. The highest BCUT2D eigenvalue weighted by atomic mass is 32.1. The third kappa shape index (κ3) is 3.60. The van der Waals surface area contributed by atoms with Crippen LogP contribution in [-0.4, -0.2) is 17.1 Å². The third-order valence-corrected chi connectivity index (χ3v) is 7.21. The summed E-state index contributed by atoms with van der Waals surface area (Å²) in [6.07, 6.45) is 2.07. The van der Waals surface area contributed by atoms with Gasteiger partial charge in [-0.3, -0.25) is 14.2 Å². The Labute approximate surface area is 193 Å². The summed E-state index contributed by atoms with van der Waals surface area (Å²) >= 11 is 1.68. The number of pyridine rings is 1. The molecule has 6 heteroatoms. The summed E-state index contributed by atoms with van der Waals surface area (Å²) < 4.78 is 8.70. The second kappa shape index (κ2) is 8.45. The minimum absolute atomic E-state index is 0.242. The van der Waals surface area contributed by atoms with Crippen molar-refractivity contribution in [2.24, 2.45) is 0 Å². The average molecular weight is 458 g/mol. The number of carbonyl (C=O) groups excluding carboxylic acids is 1. The van der Waals surface area contributed by atoms with Crippen LogP contribution in [0.4, 0.5) is 0 Å². The lowest BCUT2D eigenvalue weighted by Crippen LogP contribution is -2.33. The van der Waals surface area contributed by atoms with Gasteiger partial charge in [-0.15, -0.1) is 11.3 Å². The van der Waals surface area contributed by atoms with Gasteiger partial charge in [0, 0.05) is 43.1 Å². The molecule has 0 aliphatic carbocycles. The largest absolute Gasteiger partial charge is 0.462 e. The summed E-state index contributed by atoms with van der Waals surface area (Å²) in [6, 6.07) is 15.9. The molecule has 0 N–H and O–H groups in total. The molecule has 166 valence electrons. The highest BCUT2D eigenvalue weighted by molar-refractivity contribution is 7.25. The molecule has 0 aliphatic heterocycles. The van der Waals surface area contributed by atoms with E-state index >= 15 is 0 Å². The average Bonchev–Trinajstić information content (AvgIpc) is 2.82. The number of benzene rings is 3. The van der Waals surface area contributed by atoms with Crippen molar-refractivity contribution in [1.82, 2.24) is 4.57 Å². The Morgan fingerprint density at radius 3 is 2.30 bits per heavy atom. The van der Waals surface area contributed by atoms with Gasteiger partial charge in [-0.1, -0.05) is 30.8 Å². The fourth-order valence-electron chi connectivity index (χ4n) is 4.45. The number of nitrogens with zero attached hydrogens (tertiary/aromatic N) is 1. The molecule has 0 spiro atoms. The molecule has 0 atom stereocenters. The van der Waals surface area contributed by atoms with Crippen molar-refractivity contribution >= 4 is 59.0 Å². The van der Waals surface area contributed by atoms with Crippen molar-refractivity contribution in [2.75, 3.05) is 6.61 Å². The fraction of sp³-hybridized carbons (Fsp3) is 0.222. The molecule has 0 bridgehead atoms. The lowest BCUT2D eigenvalue weighted by Gasteiger charge is -2.14. The fourth-order valence-corrected chi connectivity index (χ4v) is 5.57. The first-order valence-corrected chi connectivity index (χ1v) is 11.8. The van der Waals surface area contributed by atoms with E-state index in [-0.39, 0.29) is 11.1 Å². The summed E-state index contributed by atoms with van der Waals surface area (Å²) in [5, 5.41) is 5.13. The Morgan fingerprint density at radius 1 is 0.848 bits per heavy atom. The van der Waals surface area contributed by atoms with Crippen molar-refractivity contribution in [3.05, 3.63) is 81.4 Å². The van der Waals surface area contributed by atoms with Crippen molar-refractivity contribution in [1.29, 1.82) is 0 Å². The van der Waals surface area contributed by atoms with Gasteiger partial charge in [0.2, 0.25) is 0 Å². The topological polar surface area (TPSA) is 65.4 Å². The number of unbranched alkanes of at least 4 members (excludes halogenated alkanes) is 2. The van der Waals surface area contributed by atoms with Crippen molar-refractivity contribution < 1.29 is 9.53 Å². The van der Waals surface area contributed by atoms with Gasteiger partial charge in [0.1, 0.15) is 0 Å². The predicted molar refractivity (Wildman–Crippen MR) is 136 cm³/mol. The standard InChI is InChI=1S/C27H23NO4S/c1-16(2)27(31)32-15-7-3-6-14-28-25(29)19-11-10-18-17-8-4-5-9-21(17)33-22-13-12-20(26(28)30)23(19)24(18)22/h4-5,8-13H,1,3,6-7,14-15H2,2H3. The van der Waals surface area contributed by atoms with E-state index in [2.05, 4.69) is 18.7 Å². The monoisotopic (exact) mass is 457 g/mol. The first-order chi connectivity index (χ1) is 16.0. The molecule has 0 saturated carbocycles. The van der Waals surface area contributed by atoms with Crippen LogP contribution in [0.1, 0.15) is 26.2 Å². The summed E-state index contributed by atoms with van der Waals surface area (Å²) in [5.41, 5.74) is -0.109. The van der Waals surface area contributed by atoms with Crippen LogP contribution in [0, 0.1) is 0 Å². The van der Waals surface area contributed by atoms with Gasteiger partial charge in [-0.2, -0.15) is 0 Å². The molecule has 2 heterocycles. The summed E-state index contributed by atoms with van der Waals surface area (Å²) in [5.74, 6) is -0.395. The number of esters is 1. The van der Waals surface area contributed by atoms with Crippen LogP contribution in [0.2, 0.25) is 0 Å². The van der Waals surface area contributed by atoms with E-state index in [1.807, 2.05) is 36.4 Å². The maximum atomic E-state index is 13.3. The quantitative estimate of drug-likeness (QED) is 0.105. The molecule has 0 radical (unpaired) electrons. The first-order valence-electron chi connectivity index (χ1n) is 11.0. The van der Waals surface area contributed by atoms with E-state index in [1.165, 1.54) is 9.27 Å². The van der Waals surface area contributed by atoms with E-state index in [4.69, 9.17) is 4.74 Å². The van der Waals surface area contributed by atoms with Gasteiger partial charge in [0.25, 0.3) is 11.1 Å². The SMILES string of the molecule is C=C(C)C(=O)OCCCCCn1c(=O)c2ccc3sc4ccccc4c4ccc(c1=O)c2c34. The zero-order valence-electron chi connectivity index (χ0n) is 18.3. The van der Waals surface area contributed by atoms with Crippen LogP contribution < -0.4 is 11.1 Å². The Bertz CT molecular complexity index is 1630. The lowest BCUT2D eigenvalue weighted by molar-refractivity contribution is -0.139. The number of rotatable bonds is 7. The number of hydrogen-bond donors (Lipinski definition) is 0. The van der Waals surface area contributed by atoms with Gasteiger partial charge in [-0.25, -0.2) is 4.79 Å². The second-order valence-electron chi connectivity index (χ2n) is 8.36. The maximum absolute atomic E-state index is 13.3. The number of fused-ring (bicyclic) bond motifs is 2. The van der Waals surface area contributed by atoms with Crippen LogP contribution in [0.3, 0.4) is 0 Å². The molecule has 33 heavy (non-hydrogen) atoms. The van der Waals surface area contributed by atoms with Crippen molar-refractivity contribution in [3.8, 4) is 0 Å². The molecule has 0 amide bonds. The van der Waals surface area contributed by atoms with Crippen molar-refractivity contribution in [2.45, 2.75) is 32.7 Å². The molecule has 3 aromatic carbocycles. The van der Waals surface area contributed by atoms with E-state index in [9.17, 15) is 14.4 Å². The van der Waals surface area contributed by atoms with Crippen LogP contribution in [0.5, 0.6) is 0 Å². The molecular formula is C27H23NO4S. The zero-order valence-corrected chi connectivity index (χ0v) is 19.2. The number of aromatic nitrogens is 1. The van der Waals surface area contributed by atoms with Crippen LogP contribution >= 0.6 is 11.3 Å². The van der Waals surface area contributed by atoms with E-state index in [1.54, 1.807) is 18.3 Å². The van der Waals surface area contributed by atoms with Gasteiger partial charge in [-0.05, 0) is 61.2 Å². The predicted octanol–water partition coefficient (Wildman–Crippen LogP) is 5.61. The minimum Gasteiger partial charge on any atom is -0.462 e. The third-order valence-electron chi connectivity index (χ3n) is 6.08. The van der Waals surface area contributed by atoms with Gasteiger partial charge in [0.15, 0.2) is 0 Å². The second-order valence-corrected chi connectivity index (χ2v) is 9.44. The number of hydrogen-bond acceptors (Lipinski definition) is 5. The smallest absolute Gasteiger partial charge is 0.333 e. The summed E-state index contributed by atoms with van der Waals surface area (Å²) in [7, 11) is 0. The van der Waals surface area contributed by atoms with E-state index in [0.717, 1.165) is 32.7 Å². The van der Waals surface area contributed by atoms with E-state index < -0.39 is 5.97 Å². The first kappa shape index (κ1) is 21.3. The molecular weight excluding hydrogens is 434 g/mol. The normalized spacial score (nSPS) is 11.7.